The summed E-state index contributed by atoms with van der Waals surface area (Å²) in [7, 11) is 0. The van der Waals surface area contributed by atoms with E-state index in [1.54, 1.807) is 115 Å². The van der Waals surface area contributed by atoms with E-state index < -0.39 is 53.2 Å². The Morgan fingerprint density at radius 2 is 0.887 bits per heavy atom. The van der Waals surface area contributed by atoms with Crippen molar-refractivity contribution in [2.75, 3.05) is 26.6 Å². The number of carbonyl (C=O) groups excluding carboxylic acids is 8. The van der Waals surface area contributed by atoms with E-state index in [0.29, 0.717) is 70.6 Å². The van der Waals surface area contributed by atoms with Gasteiger partial charge in [0.1, 0.15) is 11.8 Å². The number of para-hydroxylation sites is 3. The number of fused-ring (bicyclic) bond motifs is 4. The maximum Gasteiger partial charge on any atom is 0.267 e. The molecule has 0 bridgehead atoms. The zero-order chi connectivity index (χ0) is 68.3. The van der Waals surface area contributed by atoms with Crippen molar-refractivity contribution < 1.29 is 54.0 Å². The van der Waals surface area contributed by atoms with E-state index in [1.807, 2.05) is 121 Å². The van der Waals surface area contributed by atoms with Crippen LogP contribution < -0.4 is 43.0 Å². The number of hydrogen-bond acceptors (Lipinski definition) is 15. The second-order valence-electron chi connectivity index (χ2n) is 21.8. The third-order valence-electron chi connectivity index (χ3n) is 14.9. The van der Waals surface area contributed by atoms with Gasteiger partial charge in [0.05, 0.1) is 39.9 Å². The molecule has 0 atom stereocenters. The third kappa shape index (κ3) is 20.2. The first-order valence-electron chi connectivity index (χ1n) is 30.6. The van der Waals surface area contributed by atoms with Crippen molar-refractivity contribution >= 4 is 131 Å². The van der Waals surface area contributed by atoms with Crippen LogP contribution in [0.25, 0.3) is 55.8 Å². The van der Waals surface area contributed by atoms with Gasteiger partial charge in [0.2, 0.25) is 35.4 Å². The fraction of sp³-hybridized carbons (Fsp3) is 0.108. The smallest absolute Gasteiger partial charge is 0.267 e. The zero-order valence-electron chi connectivity index (χ0n) is 52.0. The summed E-state index contributed by atoms with van der Waals surface area (Å²) in [4.78, 5) is 117. The molecule has 4 aromatic heterocycles. The van der Waals surface area contributed by atoms with Crippen molar-refractivity contribution in [2.45, 2.75) is 44.4 Å². The molecule has 0 saturated carbocycles. The summed E-state index contributed by atoms with van der Waals surface area (Å²) >= 11 is 0. The highest BCUT2D eigenvalue weighted by molar-refractivity contribution is 6.18. The number of carbonyl (C=O) groups is 8. The lowest BCUT2D eigenvalue weighted by atomic mass is 9.94. The van der Waals surface area contributed by atoms with Gasteiger partial charge in [-0.25, -0.2) is 16.4 Å². The summed E-state index contributed by atoms with van der Waals surface area (Å²) < 4.78 is 0. The summed E-state index contributed by atoms with van der Waals surface area (Å²) in [6.45, 7) is 0. The molecular weight excluding hydrogens is 1230 g/mol. The molecule has 7 aromatic carbocycles. The van der Waals surface area contributed by atoms with Crippen molar-refractivity contribution in [1.29, 1.82) is 0 Å². The number of anilines is 5. The van der Waals surface area contributed by atoms with Gasteiger partial charge in [0.25, 0.3) is 11.8 Å². The molecule has 4 heterocycles. The Hall–Kier alpha value is -12.7. The Bertz CT molecular complexity index is 4510. The first-order valence-corrected chi connectivity index (χ1v) is 30.6. The second kappa shape index (κ2) is 34.8. The molecule has 0 aliphatic carbocycles. The molecule has 0 aliphatic heterocycles. The van der Waals surface area contributed by atoms with Crippen LogP contribution in [0.5, 0.6) is 0 Å². The Morgan fingerprint density at radius 1 is 0.392 bits per heavy atom. The van der Waals surface area contributed by atoms with E-state index in [1.165, 1.54) is 23.1 Å². The van der Waals surface area contributed by atoms with Crippen LogP contribution >= 0.6 is 0 Å². The standard InChI is InChI=1S/C30H23N5O4.C27H27N5O4.C17H16N2O3/c36-25(35-39)15-14-19-6-1-9-22(18-19)26(29(37)33-23-12-2-7-20-10-4-16-31-27(20)23)30(38)34-24-13-3-8-21-11-5-17-32-28(21)24;33-25(32-36)9-3-1-2-8-22(26(34)30-20-10-12-23-18(16-20)6-4-14-28-23)27(35)31-21-11-13-24-19(17-21)7-5-15-29-24;20-16(19-22)10-9-13-5-4-6-14(11-13)12-17(21)18-15-7-2-1-3-8-15/h1-18,26,39H,(H,33,37)(H,34,38)(H,35,36);4-7,10-17,22,36H,1-3,8-9H2,(H,30,34)(H,31,35)(H,32,33);1-11,22H,12H2,(H,18,21)(H,19,20)/b15-14+;;10-9+. The lowest BCUT2D eigenvalue weighted by Crippen LogP contribution is -2.34. The zero-order valence-corrected chi connectivity index (χ0v) is 52.0. The van der Waals surface area contributed by atoms with E-state index in [9.17, 15) is 38.4 Å². The Morgan fingerprint density at radius 3 is 1.42 bits per heavy atom. The van der Waals surface area contributed by atoms with Crippen molar-refractivity contribution in [1.82, 2.24) is 36.4 Å². The van der Waals surface area contributed by atoms with Gasteiger partial charge in [-0.2, -0.15) is 0 Å². The lowest BCUT2D eigenvalue weighted by Gasteiger charge is -2.19. The molecule has 11 aromatic rings. The largest absolute Gasteiger partial charge is 0.326 e. The number of amides is 8. The van der Waals surface area contributed by atoms with Crippen molar-refractivity contribution in [2.24, 2.45) is 5.92 Å². The van der Waals surface area contributed by atoms with Crippen LogP contribution in [0.4, 0.5) is 28.4 Å². The number of nitrogens with zero attached hydrogens (tertiary/aromatic N) is 4. The average molecular weight is 1300 g/mol. The van der Waals surface area contributed by atoms with Crippen LogP contribution in [-0.2, 0) is 44.8 Å². The summed E-state index contributed by atoms with van der Waals surface area (Å²) in [5.74, 6) is -6.03. The van der Waals surface area contributed by atoms with Crippen LogP contribution in [-0.4, -0.2) is 82.8 Å². The summed E-state index contributed by atoms with van der Waals surface area (Å²) in [6, 6.07) is 59.6. The molecule has 0 aliphatic rings. The van der Waals surface area contributed by atoms with Gasteiger partial charge >= 0.3 is 0 Å². The number of pyridine rings is 4. The molecule has 11 N–H and O–H groups in total. The highest BCUT2D eigenvalue weighted by atomic mass is 16.5. The predicted molar refractivity (Wildman–Crippen MR) is 370 cm³/mol. The van der Waals surface area contributed by atoms with E-state index in [4.69, 9.17) is 15.6 Å². The highest BCUT2D eigenvalue weighted by Crippen LogP contribution is 2.29. The number of rotatable bonds is 22. The van der Waals surface area contributed by atoms with Gasteiger partial charge in [0.15, 0.2) is 0 Å². The predicted octanol–water partition coefficient (Wildman–Crippen LogP) is 11.5. The minimum Gasteiger partial charge on any atom is -0.326 e. The second-order valence-corrected chi connectivity index (χ2v) is 21.8. The third-order valence-corrected chi connectivity index (χ3v) is 14.9. The maximum absolute atomic E-state index is 13.7. The molecule has 0 unspecified atom stereocenters. The molecule has 0 spiro atoms. The van der Waals surface area contributed by atoms with Crippen molar-refractivity contribution in [3.63, 3.8) is 0 Å². The van der Waals surface area contributed by atoms with Crippen LogP contribution in [0.2, 0.25) is 0 Å². The molecule has 0 fully saturated rings. The fourth-order valence-electron chi connectivity index (χ4n) is 10.2. The van der Waals surface area contributed by atoms with Gasteiger partial charge < -0.3 is 26.6 Å². The molecule has 488 valence electrons. The molecular formula is C74H66N12O11. The molecule has 11 rings (SSSR count). The lowest BCUT2D eigenvalue weighted by molar-refractivity contribution is -0.131. The number of unbranched alkanes of at least 4 members (excludes halogenated alkanes) is 2. The number of nitrogens with one attached hydrogen (secondary N) is 8. The highest BCUT2D eigenvalue weighted by Gasteiger charge is 2.31. The first kappa shape index (κ1) is 68.7. The van der Waals surface area contributed by atoms with Gasteiger partial charge in [-0.05, 0) is 132 Å². The van der Waals surface area contributed by atoms with E-state index in [0.717, 1.165) is 55.5 Å². The molecule has 23 nitrogen and oxygen atoms in total. The van der Waals surface area contributed by atoms with Crippen LogP contribution in [0.3, 0.4) is 0 Å². The van der Waals surface area contributed by atoms with E-state index in [2.05, 4.69) is 46.5 Å². The van der Waals surface area contributed by atoms with Crippen molar-refractivity contribution in [3.05, 3.63) is 259 Å². The number of hydrogen-bond donors (Lipinski definition) is 11. The van der Waals surface area contributed by atoms with Crippen molar-refractivity contribution in [3.8, 4) is 0 Å². The van der Waals surface area contributed by atoms with E-state index >= 15 is 0 Å². The molecule has 23 heteroatoms. The van der Waals surface area contributed by atoms with Gasteiger partial charge in [-0.3, -0.25) is 73.9 Å². The van der Waals surface area contributed by atoms with Crippen LogP contribution in [0.15, 0.2) is 237 Å². The Balaban J connectivity index is 0.000000177. The topological polar surface area (TPSA) is 345 Å². The average Bonchev–Trinajstić information content (AvgIpc) is 0.856. The molecule has 0 radical (unpaired) electrons. The van der Waals surface area contributed by atoms with Gasteiger partial charge in [0, 0.05) is 82.0 Å². The minimum atomic E-state index is -1.26. The quantitative estimate of drug-likeness (QED) is 0.00988. The minimum absolute atomic E-state index is 0.111. The van der Waals surface area contributed by atoms with Crippen LogP contribution in [0, 0.1) is 5.92 Å². The Labute approximate surface area is 555 Å². The molecule has 97 heavy (non-hydrogen) atoms. The summed E-state index contributed by atoms with van der Waals surface area (Å²) in [6.07, 6.45) is 14.5. The monoisotopic (exact) mass is 1300 g/mol. The fourth-order valence-corrected chi connectivity index (χ4v) is 10.2. The molecule has 0 saturated heterocycles. The SMILES string of the molecule is O=C(/C=C/c1cccc(C(C(=O)Nc2cccc3cccnc23)C(=O)Nc2cccc3cccnc23)c1)NO.O=C(/C=C/c1cccc(CC(=O)Nc2ccccc2)c1)NO.O=C(CCCCCC(C(=O)Nc1ccc2ncccc2c1)C(=O)Nc1ccc2ncccc2c1)NO. The Kier molecular flexibility index (Phi) is 24.6. The maximum atomic E-state index is 13.7. The summed E-state index contributed by atoms with van der Waals surface area (Å²) in [5, 5.41) is 43.5. The first-order chi connectivity index (χ1) is 47.2. The van der Waals surface area contributed by atoms with Gasteiger partial charge in [-0.15, -0.1) is 0 Å². The van der Waals surface area contributed by atoms with E-state index in [-0.39, 0.29) is 18.7 Å². The number of hydroxylamine groups is 3. The number of benzene rings is 7. The summed E-state index contributed by atoms with van der Waals surface area (Å²) in [5.41, 5.74) is 12.9. The normalized spacial score (nSPS) is 10.9. The number of aromatic nitrogens is 4. The molecule has 8 amide bonds. The van der Waals surface area contributed by atoms with Gasteiger partial charge in [-0.1, -0.05) is 128 Å². The van der Waals surface area contributed by atoms with Crippen LogP contribution in [0.1, 0.15) is 60.3 Å².